The van der Waals surface area contributed by atoms with Crippen molar-refractivity contribution < 1.29 is 18.3 Å². The number of benzene rings is 1. The Morgan fingerprint density at radius 3 is 2.63 bits per heavy atom. The van der Waals surface area contributed by atoms with Crippen molar-refractivity contribution in [3.05, 3.63) is 40.9 Å². The predicted octanol–water partition coefficient (Wildman–Crippen LogP) is 4.20. The summed E-state index contributed by atoms with van der Waals surface area (Å²) in [5, 5.41) is 8.72. The van der Waals surface area contributed by atoms with Crippen molar-refractivity contribution in [1.29, 1.82) is 0 Å². The maximum absolute atomic E-state index is 12.6. The summed E-state index contributed by atoms with van der Waals surface area (Å²) in [6.07, 6.45) is 9.47. The number of unbranched alkanes of at least 4 members (excludes halogenated alkanes) is 1. The highest BCUT2D eigenvalue weighted by Gasteiger charge is 2.46. The molecule has 0 heterocycles. The van der Waals surface area contributed by atoms with Gasteiger partial charge in [0, 0.05) is 17.4 Å². The number of nitrogens with one attached hydrogen (secondary N) is 1. The second-order valence-corrected chi connectivity index (χ2v) is 10.3. The number of carbonyl (C=O) groups is 1. The lowest BCUT2D eigenvalue weighted by Crippen LogP contribution is -2.35. The minimum Gasteiger partial charge on any atom is -0.481 e. The Kier molecular flexibility index (Phi) is 6.76. The van der Waals surface area contributed by atoms with Crippen molar-refractivity contribution in [3.8, 4) is 0 Å². The van der Waals surface area contributed by atoms with E-state index in [2.05, 4.69) is 32.8 Å². The molecule has 0 radical (unpaired) electrons. The van der Waals surface area contributed by atoms with Gasteiger partial charge in [0.25, 0.3) is 0 Å². The summed E-state index contributed by atoms with van der Waals surface area (Å²) in [6.45, 7) is 0.462. The third-order valence-corrected chi connectivity index (χ3v) is 7.88. The third-order valence-electron chi connectivity index (χ3n) is 5.91. The molecular formula is C20H26BrNO4S. The molecule has 1 aromatic carbocycles. The van der Waals surface area contributed by atoms with E-state index >= 15 is 0 Å². The molecule has 1 aromatic rings. The third kappa shape index (κ3) is 5.21. The SMILES string of the molecule is O=C(O)CCCC=C[C@@H]1[C@H]2CC[C@H](C2)[C@H]1CNS(=O)(=O)c1ccc(Br)cc1. The summed E-state index contributed by atoms with van der Waals surface area (Å²) >= 11 is 3.32. The molecule has 0 amide bonds. The lowest BCUT2D eigenvalue weighted by molar-refractivity contribution is -0.137. The van der Waals surface area contributed by atoms with E-state index in [-0.39, 0.29) is 11.3 Å². The number of carboxylic acid groups (broad SMARTS) is 1. The maximum Gasteiger partial charge on any atom is 0.303 e. The molecule has 0 unspecified atom stereocenters. The lowest BCUT2D eigenvalue weighted by atomic mass is 9.79. The first-order chi connectivity index (χ1) is 12.9. The zero-order chi connectivity index (χ0) is 19.4. The standard InChI is InChI=1S/C20H26BrNO4S/c21-16-8-10-17(11-9-16)27(25,26)22-13-19-15-7-6-14(12-15)18(19)4-2-1-3-5-20(23)24/h2,4,8-11,14-15,18-19,22H,1,3,5-7,12-13H2,(H,23,24)/t14-,15+,18+,19+/m0/s1. The van der Waals surface area contributed by atoms with Crippen molar-refractivity contribution in [2.75, 3.05) is 6.54 Å². The fraction of sp³-hybridized carbons (Fsp3) is 0.550. The van der Waals surface area contributed by atoms with Crippen LogP contribution in [0.1, 0.15) is 38.5 Å². The molecule has 2 fully saturated rings. The van der Waals surface area contributed by atoms with Gasteiger partial charge in [-0.2, -0.15) is 0 Å². The summed E-state index contributed by atoms with van der Waals surface area (Å²) in [6, 6.07) is 6.67. The minimum atomic E-state index is -3.50. The highest BCUT2D eigenvalue weighted by atomic mass is 79.9. The van der Waals surface area contributed by atoms with Crippen molar-refractivity contribution in [1.82, 2.24) is 4.72 Å². The molecule has 0 spiro atoms. The molecule has 0 aliphatic heterocycles. The zero-order valence-corrected chi connectivity index (χ0v) is 17.6. The molecule has 2 N–H and O–H groups in total. The molecule has 2 bridgehead atoms. The van der Waals surface area contributed by atoms with Gasteiger partial charge in [-0.15, -0.1) is 0 Å². The van der Waals surface area contributed by atoms with Crippen LogP contribution in [-0.2, 0) is 14.8 Å². The first kappa shape index (κ1) is 20.6. The molecule has 7 heteroatoms. The number of halogens is 1. The first-order valence-electron chi connectivity index (χ1n) is 9.50. The van der Waals surface area contributed by atoms with E-state index in [4.69, 9.17) is 5.11 Å². The van der Waals surface area contributed by atoms with Gasteiger partial charge < -0.3 is 5.11 Å². The molecule has 148 valence electrons. The van der Waals surface area contributed by atoms with Gasteiger partial charge in [0.05, 0.1) is 4.90 Å². The Morgan fingerprint density at radius 2 is 1.93 bits per heavy atom. The van der Waals surface area contributed by atoms with Gasteiger partial charge in [-0.25, -0.2) is 13.1 Å². The Hall–Kier alpha value is -1.18. The molecule has 2 aliphatic carbocycles. The van der Waals surface area contributed by atoms with Crippen LogP contribution in [0.5, 0.6) is 0 Å². The number of hydrogen-bond acceptors (Lipinski definition) is 3. The van der Waals surface area contributed by atoms with Crippen molar-refractivity contribution in [3.63, 3.8) is 0 Å². The van der Waals surface area contributed by atoms with E-state index in [1.807, 2.05) is 0 Å². The van der Waals surface area contributed by atoms with Crippen LogP contribution in [0.25, 0.3) is 0 Å². The van der Waals surface area contributed by atoms with E-state index in [1.54, 1.807) is 24.3 Å². The fourth-order valence-electron chi connectivity index (χ4n) is 4.59. The number of sulfonamides is 1. The van der Waals surface area contributed by atoms with Crippen LogP contribution in [0.15, 0.2) is 45.8 Å². The number of fused-ring (bicyclic) bond motifs is 2. The smallest absolute Gasteiger partial charge is 0.303 e. The number of allylic oxidation sites excluding steroid dienone is 2. The van der Waals surface area contributed by atoms with Crippen LogP contribution in [-0.4, -0.2) is 26.0 Å². The Morgan fingerprint density at radius 1 is 1.22 bits per heavy atom. The zero-order valence-electron chi connectivity index (χ0n) is 15.2. The van der Waals surface area contributed by atoms with Crippen LogP contribution >= 0.6 is 15.9 Å². The van der Waals surface area contributed by atoms with E-state index in [0.29, 0.717) is 36.6 Å². The summed E-state index contributed by atoms with van der Waals surface area (Å²) in [4.78, 5) is 10.9. The molecule has 0 aromatic heterocycles. The van der Waals surface area contributed by atoms with Crippen LogP contribution in [0, 0.1) is 23.7 Å². The summed E-state index contributed by atoms with van der Waals surface area (Å²) < 4.78 is 28.8. The van der Waals surface area contributed by atoms with E-state index in [0.717, 1.165) is 10.9 Å². The summed E-state index contributed by atoms with van der Waals surface area (Å²) in [5.74, 6) is 1.17. The normalized spacial score (nSPS) is 27.4. The van der Waals surface area contributed by atoms with Crippen LogP contribution in [0.2, 0.25) is 0 Å². The first-order valence-corrected chi connectivity index (χ1v) is 11.8. The Labute approximate surface area is 169 Å². The fourth-order valence-corrected chi connectivity index (χ4v) is 5.92. The highest BCUT2D eigenvalue weighted by Crippen LogP contribution is 2.52. The molecule has 0 saturated heterocycles. The Balaban J connectivity index is 1.59. The molecule has 4 atom stereocenters. The number of aliphatic carboxylic acids is 1. The van der Waals surface area contributed by atoms with Gasteiger partial charge in [-0.3, -0.25) is 4.79 Å². The maximum atomic E-state index is 12.6. The van der Waals surface area contributed by atoms with Gasteiger partial charge in [-0.05, 0) is 80.0 Å². The van der Waals surface area contributed by atoms with Crippen LogP contribution in [0.3, 0.4) is 0 Å². The van der Waals surface area contributed by atoms with Crippen LogP contribution in [0.4, 0.5) is 0 Å². The topological polar surface area (TPSA) is 83.5 Å². The second kappa shape index (κ2) is 8.88. The van der Waals surface area contributed by atoms with Crippen molar-refractivity contribution >= 4 is 31.9 Å². The molecule has 3 rings (SSSR count). The van der Waals surface area contributed by atoms with Gasteiger partial charge in [0.15, 0.2) is 0 Å². The van der Waals surface area contributed by atoms with Gasteiger partial charge >= 0.3 is 5.97 Å². The summed E-state index contributed by atoms with van der Waals surface area (Å²) in [7, 11) is -3.50. The van der Waals surface area contributed by atoms with Gasteiger partial charge in [-0.1, -0.05) is 28.1 Å². The average Bonchev–Trinajstić information content (AvgIpc) is 3.21. The molecule has 2 saturated carbocycles. The number of hydrogen-bond donors (Lipinski definition) is 2. The number of rotatable bonds is 9. The van der Waals surface area contributed by atoms with Crippen molar-refractivity contribution in [2.45, 2.75) is 43.4 Å². The quantitative estimate of drug-likeness (QED) is 0.431. The van der Waals surface area contributed by atoms with Crippen molar-refractivity contribution in [2.24, 2.45) is 23.7 Å². The predicted molar refractivity (Wildman–Crippen MR) is 108 cm³/mol. The molecule has 2 aliphatic rings. The molecular weight excluding hydrogens is 430 g/mol. The van der Waals surface area contributed by atoms with Gasteiger partial charge in [0.2, 0.25) is 10.0 Å². The van der Waals surface area contributed by atoms with E-state index < -0.39 is 16.0 Å². The second-order valence-electron chi connectivity index (χ2n) is 7.59. The van der Waals surface area contributed by atoms with Gasteiger partial charge in [0.1, 0.15) is 0 Å². The lowest BCUT2D eigenvalue weighted by Gasteiger charge is -2.29. The van der Waals surface area contributed by atoms with Crippen LogP contribution < -0.4 is 4.72 Å². The monoisotopic (exact) mass is 455 g/mol. The largest absolute Gasteiger partial charge is 0.481 e. The van der Waals surface area contributed by atoms with E-state index in [9.17, 15) is 13.2 Å². The summed E-state index contributed by atoms with van der Waals surface area (Å²) in [5.41, 5.74) is 0. The highest BCUT2D eigenvalue weighted by molar-refractivity contribution is 9.10. The molecule has 5 nitrogen and oxygen atoms in total. The van der Waals surface area contributed by atoms with E-state index in [1.165, 1.54) is 19.3 Å². The Bertz CT molecular complexity index is 791. The number of carboxylic acids is 1. The molecule has 27 heavy (non-hydrogen) atoms. The minimum absolute atomic E-state index is 0.192. The average molecular weight is 456 g/mol.